The van der Waals surface area contributed by atoms with Gasteiger partial charge in [-0.05, 0) is 45.1 Å². The molecular formula is C19H25ClN6OS. The summed E-state index contributed by atoms with van der Waals surface area (Å²) in [6.45, 7) is 2.55. The van der Waals surface area contributed by atoms with E-state index in [4.69, 9.17) is 11.6 Å². The third-order valence-electron chi connectivity index (χ3n) is 4.78. The van der Waals surface area contributed by atoms with Gasteiger partial charge in [0.1, 0.15) is 11.0 Å². The van der Waals surface area contributed by atoms with Crippen LogP contribution in [-0.4, -0.2) is 64.7 Å². The van der Waals surface area contributed by atoms with Crippen molar-refractivity contribution < 1.29 is 4.79 Å². The van der Waals surface area contributed by atoms with E-state index in [1.807, 2.05) is 25.2 Å². The minimum absolute atomic E-state index is 0.0931. The molecule has 0 unspecified atom stereocenters. The quantitative estimate of drug-likeness (QED) is 0.419. The highest BCUT2D eigenvalue weighted by Crippen LogP contribution is 2.25. The summed E-state index contributed by atoms with van der Waals surface area (Å²) >= 11 is 7.49. The Hall–Kier alpha value is -1.90. The third kappa shape index (κ3) is 6.05. The van der Waals surface area contributed by atoms with Crippen LogP contribution in [0.25, 0.3) is 0 Å². The Kier molecular flexibility index (Phi) is 7.47. The molecule has 2 aromatic rings. The van der Waals surface area contributed by atoms with E-state index < -0.39 is 0 Å². The van der Waals surface area contributed by atoms with Crippen LogP contribution in [0.2, 0.25) is 5.15 Å². The second-order valence-corrected chi connectivity index (χ2v) is 8.19. The summed E-state index contributed by atoms with van der Waals surface area (Å²) in [4.78, 5) is 29.7. The molecular weight excluding hydrogens is 396 g/mol. The van der Waals surface area contributed by atoms with E-state index in [0.29, 0.717) is 22.9 Å². The second-order valence-electron chi connectivity index (χ2n) is 6.86. The molecule has 0 aliphatic carbocycles. The van der Waals surface area contributed by atoms with Crippen LogP contribution in [0.5, 0.6) is 0 Å². The van der Waals surface area contributed by atoms with Crippen LogP contribution in [0.1, 0.15) is 18.5 Å². The van der Waals surface area contributed by atoms with E-state index in [0.717, 1.165) is 37.4 Å². The maximum Gasteiger partial charge on any atom is 0.230 e. The van der Waals surface area contributed by atoms with Crippen molar-refractivity contribution in [3.63, 3.8) is 0 Å². The molecule has 0 radical (unpaired) electrons. The smallest absolute Gasteiger partial charge is 0.230 e. The number of piperidine rings is 1. The normalized spacial score (nSPS) is 15.4. The summed E-state index contributed by atoms with van der Waals surface area (Å²) in [5, 5.41) is 3.75. The molecule has 150 valence electrons. The average molecular weight is 421 g/mol. The van der Waals surface area contributed by atoms with Crippen LogP contribution in [0.3, 0.4) is 0 Å². The van der Waals surface area contributed by atoms with E-state index in [-0.39, 0.29) is 11.7 Å². The summed E-state index contributed by atoms with van der Waals surface area (Å²) in [7, 11) is 4.19. The SMILES string of the molecule is CN1CCC(N(C)c2cc(Cl)nc(SCC(=O)NCc3ccccn3)n2)CC1. The number of anilines is 1. The van der Waals surface area contributed by atoms with Gasteiger partial charge in [-0.1, -0.05) is 29.4 Å². The Morgan fingerprint density at radius 2 is 2.14 bits per heavy atom. The summed E-state index contributed by atoms with van der Waals surface area (Å²) in [5.74, 6) is 0.931. The van der Waals surface area contributed by atoms with Gasteiger partial charge in [-0.3, -0.25) is 9.78 Å². The topological polar surface area (TPSA) is 74.2 Å². The molecule has 0 saturated carbocycles. The molecule has 3 heterocycles. The molecule has 0 bridgehead atoms. The van der Waals surface area contributed by atoms with Crippen LogP contribution in [0, 0.1) is 0 Å². The van der Waals surface area contributed by atoms with Crippen LogP contribution < -0.4 is 10.2 Å². The predicted octanol–water partition coefficient (Wildman–Crippen LogP) is 2.46. The number of pyridine rings is 1. The first-order chi connectivity index (χ1) is 13.5. The predicted molar refractivity (Wildman–Crippen MR) is 113 cm³/mol. The number of carbonyl (C=O) groups is 1. The first kappa shape index (κ1) is 20.8. The van der Waals surface area contributed by atoms with Gasteiger partial charge in [-0.15, -0.1) is 0 Å². The Morgan fingerprint density at radius 1 is 1.36 bits per heavy atom. The molecule has 1 amide bonds. The average Bonchev–Trinajstić information content (AvgIpc) is 2.71. The molecule has 9 heteroatoms. The first-order valence-corrected chi connectivity index (χ1v) is 10.6. The highest BCUT2D eigenvalue weighted by molar-refractivity contribution is 7.99. The van der Waals surface area contributed by atoms with Crippen molar-refractivity contribution in [2.45, 2.75) is 30.6 Å². The minimum Gasteiger partial charge on any atom is -0.356 e. The summed E-state index contributed by atoms with van der Waals surface area (Å²) in [5.41, 5.74) is 0.821. The third-order valence-corrected chi connectivity index (χ3v) is 5.82. The molecule has 1 aliphatic rings. The van der Waals surface area contributed by atoms with Gasteiger partial charge in [0.25, 0.3) is 0 Å². The van der Waals surface area contributed by atoms with Crippen LogP contribution >= 0.6 is 23.4 Å². The molecule has 1 N–H and O–H groups in total. The number of likely N-dealkylation sites (tertiary alicyclic amines) is 1. The number of thioether (sulfide) groups is 1. The Morgan fingerprint density at radius 3 is 2.86 bits per heavy atom. The summed E-state index contributed by atoms with van der Waals surface area (Å²) < 4.78 is 0. The highest BCUT2D eigenvalue weighted by atomic mass is 35.5. The second kappa shape index (κ2) is 10.0. The molecule has 0 spiro atoms. The van der Waals surface area contributed by atoms with Gasteiger partial charge in [0.2, 0.25) is 5.91 Å². The molecule has 0 atom stereocenters. The number of hydrogen-bond donors (Lipinski definition) is 1. The lowest BCUT2D eigenvalue weighted by Crippen LogP contribution is -2.42. The van der Waals surface area contributed by atoms with Gasteiger partial charge in [0.15, 0.2) is 5.16 Å². The number of rotatable bonds is 7. The molecule has 1 aliphatic heterocycles. The highest BCUT2D eigenvalue weighted by Gasteiger charge is 2.22. The lowest BCUT2D eigenvalue weighted by atomic mass is 10.0. The fourth-order valence-electron chi connectivity index (χ4n) is 3.07. The van der Waals surface area contributed by atoms with Gasteiger partial charge < -0.3 is 15.1 Å². The van der Waals surface area contributed by atoms with E-state index in [9.17, 15) is 4.79 Å². The maximum atomic E-state index is 12.1. The van der Waals surface area contributed by atoms with E-state index >= 15 is 0 Å². The largest absolute Gasteiger partial charge is 0.356 e. The molecule has 28 heavy (non-hydrogen) atoms. The van der Waals surface area contributed by atoms with Gasteiger partial charge in [-0.2, -0.15) is 0 Å². The molecule has 3 rings (SSSR count). The number of amides is 1. The van der Waals surface area contributed by atoms with Crippen molar-refractivity contribution in [1.82, 2.24) is 25.2 Å². The van der Waals surface area contributed by atoms with Gasteiger partial charge >= 0.3 is 0 Å². The van der Waals surface area contributed by atoms with Crippen molar-refractivity contribution in [3.8, 4) is 0 Å². The first-order valence-electron chi connectivity index (χ1n) is 9.26. The number of nitrogens with one attached hydrogen (secondary N) is 1. The van der Waals surface area contributed by atoms with Gasteiger partial charge in [-0.25, -0.2) is 9.97 Å². The minimum atomic E-state index is -0.0931. The van der Waals surface area contributed by atoms with Crippen molar-refractivity contribution >= 4 is 35.1 Å². The lowest BCUT2D eigenvalue weighted by molar-refractivity contribution is -0.118. The zero-order valence-corrected chi connectivity index (χ0v) is 17.7. The number of carbonyl (C=O) groups excluding carboxylic acids is 1. The number of halogens is 1. The fourth-order valence-corrected chi connectivity index (χ4v) is 3.98. The van der Waals surface area contributed by atoms with Crippen molar-refractivity contribution in [3.05, 3.63) is 41.3 Å². The van der Waals surface area contributed by atoms with E-state index in [2.05, 4.69) is 37.1 Å². The lowest BCUT2D eigenvalue weighted by Gasteiger charge is -2.35. The molecule has 1 saturated heterocycles. The monoisotopic (exact) mass is 420 g/mol. The number of aromatic nitrogens is 3. The van der Waals surface area contributed by atoms with Crippen LogP contribution in [-0.2, 0) is 11.3 Å². The fraction of sp³-hybridized carbons (Fsp3) is 0.474. The Balaban J connectivity index is 1.54. The van der Waals surface area contributed by atoms with Crippen molar-refractivity contribution in [2.75, 3.05) is 37.8 Å². The van der Waals surface area contributed by atoms with E-state index in [1.165, 1.54) is 11.8 Å². The van der Waals surface area contributed by atoms with Crippen LogP contribution in [0.15, 0.2) is 35.6 Å². The molecule has 0 aromatic carbocycles. The zero-order chi connectivity index (χ0) is 19.9. The summed E-state index contributed by atoms with van der Waals surface area (Å²) in [6.07, 6.45) is 3.89. The number of nitrogens with zero attached hydrogens (tertiary/aromatic N) is 5. The Labute approximate surface area is 174 Å². The molecule has 1 fully saturated rings. The zero-order valence-electron chi connectivity index (χ0n) is 16.1. The number of hydrogen-bond acceptors (Lipinski definition) is 7. The van der Waals surface area contributed by atoms with Crippen molar-refractivity contribution in [2.24, 2.45) is 0 Å². The van der Waals surface area contributed by atoms with Crippen molar-refractivity contribution in [1.29, 1.82) is 0 Å². The van der Waals surface area contributed by atoms with Gasteiger partial charge in [0, 0.05) is 25.4 Å². The van der Waals surface area contributed by atoms with Crippen LogP contribution in [0.4, 0.5) is 5.82 Å². The van der Waals surface area contributed by atoms with Gasteiger partial charge in [0.05, 0.1) is 18.0 Å². The molecule has 2 aromatic heterocycles. The molecule has 7 nitrogen and oxygen atoms in total. The standard InChI is InChI=1S/C19H25ClN6OS/c1-25-9-6-15(7-10-25)26(2)17-11-16(20)23-19(24-17)28-13-18(27)22-12-14-5-3-4-8-21-14/h3-5,8,11,15H,6-7,9-10,12-13H2,1-2H3,(H,22,27). The van der Waals surface area contributed by atoms with E-state index in [1.54, 1.807) is 12.3 Å². The maximum absolute atomic E-state index is 12.1. The summed E-state index contributed by atoms with van der Waals surface area (Å²) in [6, 6.07) is 7.83. The Bertz CT molecular complexity index is 785.